The lowest BCUT2D eigenvalue weighted by Gasteiger charge is -2.36. The molecule has 1 fully saturated rings. The molecule has 1 heterocycles. The van der Waals surface area contributed by atoms with Crippen LogP contribution in [0.25, 0.3) is 0 Å². The molecule has 0 bridgehead atoms. The van der Waals surface area contributed by atoms with Gasteiger partial charge in [0.1, 0.15) is 5.82 Å². The molecule has 0 atom stereocenters. The van der Waals surface area contributed by atoms with E-state index in [1.807, 2.05) is 24.5 Å². The van der Waals surface area contributed by atoms with E-state index < -0.39 is 0 Å². The zero-order valence-electron chi connectivity index (χ0n) is 10.1. The number of nitrogens with one attached hydrogen (secondary N) is 2. The fourth-order valence-electron chi connectivity index (χ4n) is 2.48. The van der Waals surface area contributed by atoms with Crippen molar-refractivity contribution in [2.24, 2.45) is 0 Å². The van der Waals surface area contributed by atoms with Gasteiger partial charge in [0.05, 0.1) is 6.20 Å². The maximum absolute atomic E-state index is 13.6. The Morgan fingerprint density at radius 1 is 1.33 bits per heavy atom. The maximum Gasteiger partial charge on any atom is 0.126 e. The van der Waals surface area contributed by atoms with E-state index in [2.05, 4.69) is 15.5 Å². The highest BCUT2D eigenvalue weighted by atomic mass is 19.1. The molecule has 3 rings (SSSR count). The van der Waals surface area contributed by atoms with Crippen LogP contribution in [0, 0.1) is 5.82 Å². The van der Waals surface area contributed by atoms with E-state index in [0.717, 1.165) is 30.5 Å². The van der Waals surface area contributed by atoms with E-state index in [4.69, 9.17) is 0 Å². The van der Waals surface area contributed by atoms with Gasteiger partial charge in [-0.2, -0.15) is 5.10 Å². The predicted molar refractivity (Wildman–Crippen MR) is 67.6 cm³/mol. The summed E-state index contributed by atoms with van der Waals surface area (Å²) in [5.74, 6) is 0.295. The van der Waals surface area contributed by atoms with Crippen LogP contribution in [-0.4, -0.2) is 16.2 Å². The number of hydrogen-bond donors (Lipinski definition) is 2. The van der Waals surface area contributed by atoms with Crippen molar-refractivity contribution in [1.29, 1.82) is 0 Å². The normalized spacial score (nSPS) is 22.7. The van der Waals surface area contributed by atoms with Crippen LogP contribution in [0.3, 0.4) is 0 Å². The second kappa shape index (κ2) is 4.90. The van der Waals surface area contributed by atoms with Crippen LogP contribution >= 0.6 is 0 Å². The van der Waals surface area contributed by atoms with Gasteiger partial charge in [-0.1, -0.05) is 18.2 Å². The van der Waals surface area contributed by atoms with Crippen molar-refractivity contribution in [3.63, 3.8) is 0 Å². The molecule has 1 saturated carbocycles. The largest absolute Gasteiger partial charge is 0.310 e. The summed E-state index contributed by atoms with van der Waals surface area (Å²) in [5.41, 5.74) is 2.02. The monoisotopic (exact) mass is 245 g/mol. The topological polar surface area (TPSA) is 40.7 Å². The molecule has 18 heavy (non-hydrogen) atoms. The number of halogens is 1. The Morgan fingerprint density at radius 2 is 2.17 bits per heavy atom. The Hall–Kier alpha value is -1.68. The standard InChI is InChI=1S/C14H16FN3/c15-14-4-2-1-3-13(14)11-5-12(6-11)16-7-10-8-17-18-9-10/h1-4,8-9,11-12,16H,5-7H2,(H,17,18). The van der Waals surface area contributed by atoms with Crippen molar-refractivity contribution in [3.05, 3.63) is 53.6 Å². The molecule has 2 aromatic rings. The van der Waals surface area contributed by atoms with Crippen LogP contribution in [0.15, 0.2) is 36.7 Å². The number of aromatic amines is 1. The average Bonchev–Trinajstić information content (AvgIpc) is 2.82. The molecule has 0 amide bonds. The number of nitrogens with zero attached hydrogens (tertiary/aromatic N) is 1. The van der Waals surface area contributed by atoms with E-state index in [-0.39, 0.29) is 5.82 Å². The van der Waals surface area contributed by atoms with Gasteiger partial charge in [-0.05, 0) is 30.4 Å². The maximum atomic E-state index is 13.6. The highest BCUT2D eigenvalue weighted by Gasteiger charge is 2.31. The van der Waals surface area contributed by atoms with Crippen molar-refractivity contribution >= 4 is 0 Å². The lowest BCUT2D eigenvalue weighted by molar-refractivity contribution is 0.284. The summed E-state index contributed by atoms with van der Waals surface area (Å²) < 4.78 is 13.6. The third kappa shape index (κ3) is 2.29. The Morgan fingerprint density at radius 3 is 2.89 bits per heavy atom. The molecular weight excluding hydrogens is 229 g/mol. The minimum Gasteiger partial charge on any atom is -0.310 e. The van der Waals surface area contributed by atoms with Crippen molar-refractivity contribution in [1.82, 2.24) is 15.5 Å². The fourth-order valence-corrected chi connectivity index (χ4v) is 2.48. The Kier molecular flexibility index (Phi) is 3.11. The summed E-state index contributed by atoms with van der Waals surface area (Å²) in [7, 11) is 0. The zero-order chi connectivity index (χ0) is 12.4. The molecule has 4 heteroatoms. The molecular formula is C14H16FN3. The Labute approximate surface area is 105 Å². The van der Waals surface area contributed by atoms with Crippen LogP contribution in [0.1, 0.15) is 29.9 Å². The van der Waals surface area contributed by atoms with E-state index in [9.17, 15) is 4.39 Å². The molecule has 0 aliphatic heterocycles. The minimum absolute atomic E-state index is 0.0733. The summed E-state index contributed by atoms with van der Waals surface area (Å²) in [4.78, 5) is 0. The fraction of sp³-hybridized carbons (Fsp3) is 0.357. The smallest absolute Gasteiger partial charge is 0.126 e. The predicted octanol–water partition coefficient (Wildman–Crippen LogP) is 2.58. The van der Waals surface area contributed by atoms with Gasteiger partial charge in [-0.15, -0.1) is 0 Å². The van der Waals surface area contributed by atoms with Crippen LogP contribution in [0.4, 0.5) is 4.39 Å². The summed E-state index contributed by atoms with van der Waals surface area (Å²) in [6.45, 7) is 0.825. The van der Waals surface area contributed by atoms with Gasteiger partial charge in [0.15, 0.2) is 0 Å². The molecule has 2 N–H and O–H groups in total. The number of H-pyrrole nitrogens is 1. The third-order valence-electron chi connectivity index (χ3n) is 3.63. The zero-order valence-corrected chi connectivity index (χ0v) is 10.1. The van der Waals surface area contributed by atoms with Gasteiger partial charge >= 0.3 is 0 Å². The molecule has 1 aliphatic carbocycles. The van der Waals surface area contributed by atoms with E-state index in [1.165, 1.54) is 0 Å². The van der Waals surface area contributed by atoms with E-state index in [0.29, 0.717) is 12.0 Å². The SMILES string of the molecule is Fc1ccccc1C1CC(NCc2cn[nH]c2)C1. The lowest BCUT2D eigenvalue weighted by atomic mass is 9.75. The van der Waals surface area contributed by atoms with Gasteiger partial charge in [0, 0.05) is 24.3 Å². The summed E-state index contributed by atoms with van der Waals surface area (Å²) in [5, 5.41) is 10.2. The first-order chi connectivity index (χ1) is 8.83. The van der Waals surface area contributed by atoms with Gasteiger partial charge < -0.3 is 5.32 Å². The van der Waals surface area contributed by atoms with Crippen LogP contribution in [0.5, 0.6) is 0 Å². The van der Waals surface area contributed by atoms with Crippen molar-refractivity contribution in [2.45, 2.75) is 31.3 Å². The highest BCUT2D eigenvalue weighted by molar-refractivity contribution is 5.24. The van der Waals surface area contributed by atoms with Crippen LogP contribution in [0.2, 0.25) is 0 Å². The second-order valence-corrected chi connectivity index (χ2v) is 4.87. The van der Waals surface area contributed by atoms with Crippen molar-refractivity contribution in [2.75, 3.05) is 0 Å². The molecule has 0 spiro atoms. The Bertz CT molecular complexity index is 504. The van der Waals surface area contributed by atoms with E-state index >= 15 is 0 Å². The van der Waals surface area contributed by atoms with Crippen LogP contribution in [-0.2, 0) is 6.54 Å². The summed E-state index contributed by atoms with van der Waals surface area (Å²) in [6, 6.07) is 7.58. The minimum atomic E-state index is -0.0733. The number of aromatic nitrogens is 2. The van der Waals surface area contributed by atoms with Gasteiger partial charge in [-0.25, -0.2) is 4.39 Å². The number of hydrogen-bond acceptors (Lipinski definition) is 2. The molecule has 1 aliphatic rings. The third-order valence-corrected chi connectivity index (χ3v) is 3.63. The van der Waals surface area contributed by atoms with Crippen molar-refractivity contribution < 1.29 is 4.39 Å². The van der Waals surface area contributed by atoms with Gasteiger partial charge in [0.25, 0.3) is 0 Å². The molecule has 1 aromatic heterocycles. The van der Waals surface area contributed by atoms with Gasteiger partial charge in [-0.3, -0.25) is 5.10 Å². The second-order valence-electron chi connectivity index (χ2n) is 4.87. The number of rotatable bonds is 4. The molecule has 0 unspecified atom stereocenters. The molecule has 94 valence electrons. The lowest BCUT2D eigenvalue weighted by Crippen LogP contribution is -2.39. The quantitative estimate of drug-likeness (QED) is 0.869. The summed E-state index contributed by atoms with van der Waals surface area (Å²) in [6.07, 6.45) is 5.73. The molecule has 3 nitrogen and oxygen atoms in total. The van der Waals surface area contributed by atoms with E-state index in [1.54, 1.807) is 12.1 Å². The average molecular weight is 245 g/mol. The Balaban J connectivity index is 1.50. The first-order valence-electron chi connectivity index (χ1n) is 6.28. The molecule has 1 aromatic carbocycles. The van der Waals surface area contributed by atoms with Crippen LogP contribution < -0.4 is 5.32 Å². The summed E-state index contributed by atoms with van der Waals surface area (Å²) >= 11 is 0. The first-order valence-corrected chi connectivity index (χ1v) is 6.28. The highest BCUT2D eigenvalue weighted by Crippen LogP contribution is 2.37. The van der Waals surface area contributed by atoms with Crippen molar-refractivity contribution in [3.8, 4) is 0 Å². The molecule has 0 saturated heterocycles. The first kappa shape index (κ1) is 11.4. The molecule has 0 radical (unpaired) electrons. The van der Waals surface area contributed by atoms with Gasteiger partial charge in [0.2, 0.25) is 0 Å². The number of benzene rings is 1.